The van der Waals surface area contributed by atoms with Crippen molar-refractivity contribution < 1.29 is 9.13 Å². The maximum absolute atomic E-state index is 6.38. The van der Waals surface area contributed by atoms with Gasteiger partial charge < -0.3 is 5.73 Å². The van der Waals surface area contributed by atoms with Crippen molar-refractivity contribution in [3.8, 4) is 0 Å². The first-order valence-electron chi connectivity index (χ1n) is 13.3. The molecule has 0 aliphatic carbocycles. The van der Waals surface area contributed by atoms with E-state index >= 15 is 0 Å². The summed E-state index contributed by atoms with van der Waals surface area (Å²) in [5.74, 6) is 0. The number of rotatable bonds is 8. The van der Waals surface area contributed by atoms with Crippen molar-refractivity contribution >= 4 is 0 Å². The highest BCUT2D eigenvalue weighted by molar-refractivity contribution is 4.90. The Bertz CT molecular complexity index is 774. The lowest BCUT2D eigenvalue weighted by Gasteiger charge is -2.33. The summed E-state index contributed by atoms with van der Waals surface area (Å²) in [5, 5.41) is 0. The number of hydrogen-bond donors (Lipinski definition) is 1. The standard InChI is InChI=1S/C27H51N5.C2H6/c1-24(2,3)18-22(25(4,5)6)31-16-14-29(20-31)12-13-30-15-17-32(21-30)23(26(7,8)9)19-27(10,11)28;1-2/h14-17,20-23H,12-13,18-19,28H2,1-11H3;1-2H3/q+2;. The summed E-state index contributed by atoms with van der Waals surface area (Å²) in [5.41, 5.74) is 6.85. The van der Waals surface area contributed by atoms with Crippen LogP contribution in [0.5, 0.6) is 0 Å². The second-order valence-corrected chi connectivity index (χ2v) is 13.9. The Hall–Kier alpha value is -1.62. The van der Waals surface area contributed by atoms with Gasteiger partial charge in [-0.1, -0.05) is 76.2 Å². The lowest BCUT2D eigenvalue weighted by Crippen LogP contribution is -2.43. The molecule has 0 saturated carbocycles. The number of imidazole rings is 2. The highest BCUT2D eigenvalue weighted by Gasteiger charge is 2.35. The van der Waals surface area contributed by atoms with Gasteiger partial charge in [-0.3, -0.25) is 0 Å². The van der Waals surface area contributed by atoms with E-state index < -0.39 is 0 Å². The van der Waals surface area contributed by atoms with Crippen molar-refractivity contribution in [1.29, 1.82) is 0 Å². The number of aryl methyl sites for hydroxylation is 2. The zero-order valence-electron chi connectivity index (χ0n) is 24.8. The van der Waals surface area contributed by atoms with Gasteiger partial charge in [-0.2, -0.15) is 0 Å². The lowest BCUT2D eigenvalue weighted by atomic mass is 9.77. The van der Waals surface area contributed by atoms with Crippen LogP contribution < -0.4 is 14.9 Å². The van der Waals surface area contributed by atoms with Crippen molar-refractivity contribution in [2.75, 3.05) is 0 Å². The topological polar surface area (TPSA) is 43.6 Å². The average Bonchev–Trinajstić information content (AvgIpc) is 3.30. The van der Waals surface area contributed by atoms with Gasteiger partial charge in [0.1, 0.15) is 50.0 Å². The zero-order chi connectivity index (χ0) is 26.5. The van der Waals surface area contributed by atoms with Gasteiger partial charge in [-0.05, 0) is 25.7 Å². The normalized spacial score (nSPS) is 15.0. The van der Waals surface area contributed by atoms with E-state index in [9.17, 15) is 0 Å². The van der Waals surface area contributed by atoms with E-state index in [1.807, 2.05) is 13.8 Å². The molecule has 0 spiro atoms. The Balaban J connectivity index is 0.00000281. The first-order chi connectivity index (χ1) is 15.4. The third-order valence-electron chi connectivity index (χ3n) is 6.28. The van der Waals surface area contributed by atoms with E-state index in [-0.39, 0.29) is 16.4 Å². The highest BCUT2D eigenvalue weighted by atomic mass is 15.2. The SMILES string of the molecule is CC.CC(C)(C)CC(n1cc[n+](CC[n+]2ccn(C(CC(C)(C)N)C(C)(C)C)c2)c1)C(C)(C)C. The molecule has 2 aromatic rings. The van der Waals surface area contributed by atoms with Crippen LogP contribution in [-0.2, 0) is 13.1 Å². The van der Waals surface area contributed by atoms with Crippen LogP contribution in [0.25, 0.3) is 0 Å². The van der Waals surface area contributed by atoms with Crippen molar-refractivity contribution in [2.24, 2.45) is 22.0 Å². The molecule has 0 aliphatic heterocycles. The molecule has 0 fully saturated rings. The molecular weight excluding hydrogens is 418 g/mol. The van der Waals surface area contributed by atoms with Crippen LogP contribution in [0.2, 0.25) is 0 Å². The molecule has 0 aliphatic rings. The molecule has 0 saturated heterocycles. The molecule has 196 valence electrons. The molecule has 2 unspecified atom stereocenters. The Morgan fingerprint density at radius 1 is 0.647 bits per heavy atom. The van der Waals surface area contributed by atoms with Gasteiger partial charge in [0, 0.05) is 22.8 Å². The van der Waals surface area contributed by atoms with E-state index in [0.717, 1.165) is 25.9 Å². The third-order valence-corrected chi connectivity index (χ3v) is 6.28. The minimum Gasteiger partial charge on any atom is -0.325 e. The Morgan fingerprint density at radius 3 is 1.29 bits per heavy atom. The van der Waals surface area contributed by atoms with Gasteiger partial charge in [0.25, 0.3) is 0 Å². The summed E-state index contributed by atoms with van der Waals surface area (Å²) in [6.07, 6.45) is 15.5. The van der Waals surface area contributed by atoms with E-state index in [4.69, 9.17) is 5.73 Å². The summed E-state index contributed by atoms with van der Waals surface area (Å²) >= 11 is 0. The molecule has 2 rings (SSSR count). The van der Waals surface area contributed by atoms with Crippen LogP contribution in [0.1, 0.15) is 115 Å². The summed E-state index contributed by atoms with van der Waals surface area (Å²) < 4.78 is 9.38. The fourth-order valence-electron chi connectivity index (χ4n) is 4.48. The minimum atomic E-state index is -0.192. The number of hydrogen-bond acceptors (Lipinski definition) is 1. The minimum absolute atomic E-state index is 0.147. The van der Waals surface area contributed by atoms with Crippen molar-refractivity contribution in [3.05, 3.63) is 37.4 Å². The molecule has 0 aromatic carbocycles. The van der Waals surface area contributed by atoms with E-state index in [2.05, 4.69) is 132 Å². The quantitative estimate of drug-likeness (QED) is 0.445. The van der Waals surface area contributed by atoms with Gasteiger partial charge in [0.2, 0.25) is 12.7 Å². The summed E-state index contributed by atoms with van der Waals surface area (Å²) in [6.45, 7) is 31.1. The fourth-order valence-corrected chi connectivity index (χ4v) is 4.48. The number of nitrogens with two attached hydrogens (primary N) is 1. The van der Waals surface area contributed by atoms with E-state index in [1.165, 1.54) is 0 Å². The Labute approximate surface area is 211 Å². The van der Waals surface area contributed by atoms with E-state index in [0.29, 0.717) is 17.5 Å². The second kappa shape index (κ2) is 11.4. The van der Waals surface area contributed by atoms with Crippen LogP contribution in [0.4, 0.5) is 0 Å². The second-order valence-electron chi connectivity index (χ2n) is 13.9. The smallest absolute Gasteiger partial charge is 0.244 e. The maximum atomic E-state index is 6.38. The molecule has 2 atom stereocenters. The Kier molecular flexibility index (Phi) is 10.2. The summed E-state index contributed by atoms with van der Waals surface area (Å²) in [6, 6.07) is 0.840. The molecule has 0 amide bonds. The van der Waals surface area contributed by atoms with Crippen LogP contribution in [-0.4, -0.2) is 14.7 Å². The molecule has 0 bridgehead atoms. The third kappa shape index (κ3) is 9.93. The van der Waals surface area contributed by atoms with Gasteiger partial charge >= 0.3 is 0 Å². The van der Waals surface area contributed by atoms with E-state index in [1.54, 1.807) is 0 Å². The van der Waals surface area contributed by atoms with Crippen LogP contribution in [0.3, 0.4) is 0 Å². The number of nitrogens with zero attached hydrogens (tertiary/aromatic N) is 4. The predicted molar refractivity (Wildman–Crippen MR) is 145 cm³/mol. The largest absolute Gasteiger partial charge is 0.325 e. The van der Waals surface area contributed by atoms with Gasteiger partial charge in [-0.25, -0.2) is 18.3 Å². The molecular formula is C29H57N5+2. The summed E-state index contributed by atoms with van der Waals surface area (Å²) in [4.78, 5) is 0. The van der Waals surface area contributed by atoms with Crippen molar-refractivity contribution in [1.82, 2.24) is 9.13 Å². The zero-order valence-corrected chi connectivity index (χ0v) is 24.8. The van der Waals surface area contributed by atoms with Crippen LogP contribution in [0, 0.1) is 16.2 Å². The van der Waals surface area contributed by atoms with Crippen LogP contribution >= 0.6 is 0 Å². The van der Waals surface area contributed by atoms with Gasteiger partial charge in [0.05, 0.1) is 0 Å². The number of aromatic nitrogens is 4. The first-order valence-corrected chi connectivity index (χ1v) is 13.3. The molecule has 5 heteroatoms. The molecule has 0 radical (unpaired) electrons. The van der Waals surface area contributed by atoms with Crippen LogP contribution in [0.15, 0.2) is 37.4 Å². The molecule has 5 nitrogen and oxygen atoms in total. The molecule has 2 N–H and O–H groups in total. The molecule has 34 heavy (non-hydrogen) atoms. The first kappa shape index (κ1) is 30.4. The monoisotopic (exact) mass is 475 g/mol. The maximum Gasteiger partial charge on any atom is 0.244 e. The van der Waals surface area contributed by atoms with Gasteiger partial charge in [-0.15, -0.1) is 0 Å². The van der Waals surface area contributed by atoms with Crippen molar-refractivity contribution in [3.63, 3.8) is 0 Å². The lowest BCUT2D eigenvalue weighted by molar-refractivity contribution is -0.778. The molecule has 2 aromatic heterocycles. The van der Waals surface area contributed by atoms with Gasteiger partial charge in [0.15, 0.2) is 0 Å². The van der Waals surface area contributed by atoms with Crippen molar-refractivity contribution in [2.45, 2.75) is 134 Å². The average molecular weight is 476 g/mol. The molecule has 2 heterocycles. The Morgan fingerprint density at radius 2 is 1.00 bits per heavy atom. The highest BCUT2D eigenvalue weighted by Crippen LogP contribution is 2.39. The predicted octanol–water partition coefficient (Wildman–Crippen LogP) is 6.33. The fraction of sp³-hybridized carbons (Fsp3) is 0.793. The summed E-state index contributed by atoms with van der Waals surface area (Å²) in [7, 11) is 0.